The molecule has 12 heteroatoms. The lowest BCUT2D eigenvalue weighted by Crippen LogP contribution is -2.56. The van der Waals surface area contributed by atoms with Crippen molar-refractivity contribution in [3.63, 3.8) is 0 Å². The van der Waals surface area contributed by atoms with Crippen LogP contribution < -0.4 is 27.4 Å². The molecule has 11 nitrogen and oxygen atoms in total. The van der Waals surface area contributed by atoms with E-state index in [2.05, 4.69) is 16.0 Å². The van der Waals surface area contributed by atoms with Gasteiger partial charge in [-0.2, -0.15) is 11.8 Å². The molecule has 0 bridgehead atoms. The Kier molecular flexibility index (Phi) is 11.0. The third kappa shape index (κ3) is 9.84. The topological polar surface area (TPSA) is 194 Å². The van der Waals surface area contributed by atoms with E-state index < -0.39 is 60.7 Å². The summed E-state index contributed by atoms with van der Waals surface area (Å²) in [6.07, 6.45) is 1.55. The minimum atomic E-state index is -1.30. The van der Waals surface area contributed by atoms with E-state index in [4.69, 9.17) is 16.6 Å². The Labute approximate surface area is 155 Å². The molecule has 0 radical (unpaired) electrons. The fourth-order valence-corrected chi connectivity index (χ4v) is 2.25. The van der Waals surface area contributed by atoms with Crippen molar-refractivity contribution in [1.82, 2.24) is 16.0 Å². The summed E-state index contributed by atoms with van der Waals surface area (Å²) in [5, 5.41) is 15.5. The molecule has 0 aliphatic rings. The van der Waals surface area contributed by atoms with E-state index in [1.165, 1.54) is 18.7 Å². The van der Waals surface area contributed by atoms with Crippen molar-refractivity contribution in [3.8, 4) is 0 Å². The number of carboxylic acid groups (broad SMARTS) is 1. The molecule has 0 heterocycles. The predicted octanol–water partition coefficient (Wildman–Crippen LogP) is -2.87. The Bertz CT molecular complexity index is 542. The molecule has 0 aliphatic heterocycles. The van der Waals surface area contributed by atoms with E-state index in [-0.39, 0.29) is 6.42 Å². The molecule has 0 aromatic heterocycles. The summed E-state index contributed by atoms with van der Waals surface area (Å²) in [4.78, 5) is 57.8. The first kappa shape index (κ1) is 23.7. The number of rotatable bonds is 12. The van der Waals surface area contributed by atoms with Gasteiger partial charge in [0.05, 0.1) is 12.5 Å². The summed E-state index contributed by atoms with van der Waals surface area (Å²) >= 11 is 1.42. The van der Waals surface area contributed by atoms with Crippen molar-refractivity contribution in [2.75, 3.05) is 18.6 Å². The number of primary amides is 1. The predicted molar refractivity (Wildman–Crippen MR) is 95.0 cm³/mol. The van der Waals surface area contributed by atoms with Crippen LogP contribution in [0.5, 0.6) is 0 Å². The highest BCUT2D eigenvalue weighted by molar-refractivity contribution is 7.98. The van der Waals surface area contributed by atoms with Crippen LogP contribution in [0.3, 0.4) is 0 Å². The zero-order valence-electron chi connectivity index (χ0n) is 14.6. The molecular formula is C14H25N5O6S. The highest BCUT2D eigenvalue weighted by atomic mass is 32.2. The number of nitrogens with one attached hydrogen (secondary N) is 3. The van der Waals surface area contributed by atoms with Gasteiger partial charge in [-0.3, -0.25) is 24.0 Å². The second kappa shape index (κ2) is 12.1. The van der Waals surface area contributed by atoms with E-state index in [1.54, 1.807) is 6.26 Å². The third-order valence-corrected chi connectivity index (χ3v) is 3.75. The van der Waals surface area contributed by atoms with Gasteiger partial charge < -0.3 is 32.5 Å². The molecule has 0 spiro atoms. The summed E-state index contributed by atoms with van der Waals surface area (Å²) in [6, 6.07) is -3.24. The highest BCUT2D eigenvalue weighted by Crippen LogP contribution is 2.03. The van der Waals surface area contributed by atoms with Crippen LogP contribution in [0.4, 0.5) is 0 Å². The molecule has 0 rings (SSSR count). The van der Waals surface area contributed by atoms with E-state index in [9.17, 15) is 24.0 Å². The molecule has 3 unspecified atom stereocenters. The van der Waals surface area contributed by atoms with Crippen molar-refractivity contribution in [2.45, 2.75) is 37.9 Å². The Morgan fingerprint density at radius 2 is 1.62 bits per heavy atom. The van der Waals surface area contributed by atoms with Crippen molar-refractivity contribution < 1.29 is 29.1 Å². The summed E-state index contributed by atoms with van der Waals surface area (Å²) in [5.41, 5.74) is 10.5. The van der Waals surface area contributed by atoms with Gasteiger partial charge in [0.1, 0.15) is 18.6 Å². The van der Waals surface area contributed by atoms with Gasteiger partial charge in [0, 0.05) is 0 Å². The average molecular weight is 391 g/mol. The monoisotopic (exact) mass is 391 g/mol. The largest absolute Gasteiger partial charge is 0.480 e. The lowest BCUT2D eigenvalue weighted by molar-refractivity contribution is -0.138. The van der Waals surface area contributed by atoms with Gasteiger partial charge in [0.15, 0.2) is 0 Å². The number of carboxylic acids is 1. The second-order valence-electron chi connectivity index (χ2n) is 5.47. The maximum Gasteiger partial charge on any atom is 0.322 e. The standard InChI is InChI=1S/C14H25N5O6S/c1-7(15)12(23)19-9(5-10(16)20)14(25)18-8(3-4-26-2)13(24)17-6-11(21)22/h7-9H,3-6,15H2,1-2H3,(H2,16,20)(H,17,24)(H,18,25)(H,19,23)(H,21,22). The van der Waals surface area contributed by atoms with Gasteiger partial charge in [-0.25, -0.2) is 0 Å². The van der Waals surface area contributed by atoms with Gasteiger partial charge in [-0.05, 0) is 25.4 Å². The summed E-state index contributed by atoms with van der Waals surface area (Å²) in [5.74, 6) is -3.70. The lowest BCUT2D eigenvalue weighted by atomic mass is 10.1. The van der Waals surface area contributed by atoms with Crippen LogP contribution >= 0.6 is 11.8 Å². The van der Waals surface area contributed by atoms with E-state index in [0.717, 1.165) is 0 Å². The lowest BCUT2D eigenvalue weighted by Gasteiger charge is -2.22. The Hall–Kier alpha value is -2.34. The molecule has 148 valence electrons. The van der Waals surface area contributed by atoms with Gasteiger partial charge in [0.25, 0.3) is 0 Å². The fraction of sp³-hybridized carbons (Fsp3) is 0.643. The second-order valence-corrected chi connectivity index (χ2v) is 6.46. The number of hydrogen-bond acceptors (Lipinski definition) is 7. The summed E-state index contributed by atoms with van der Waals surface area (Å²) in [6.45, 7) is 0.797. The number of carbonyl (C=O) groups excluding carboxylic acids is 4. The fourth-order valence-electron chi connectivity index (χ4n) is 1.78. The van der Waals surface area contributed by atoms with Crippen LogP contribution in [0.25, 0.3) is 0 Å². The summed E-state index contributed by atoms with van der Waals surface area (Å²) < 4.78 is 0. The molecular weight excluding hydrogens is 366 g/mol. The molecule has 0 aromatic carbocycles. The number of thioether (sulfide) groups is 1. The molecule has 26 heavy (non-hydrogen) atoms. The van der Waals surface area contributed by atoms with Crippen LogP contribution in [0.15, 0.2) is 0 Å². The van der Waals surface area contributed by atoms with Crippen LogP contribution in [0.1, 0.15) is 19.8 Å². The first-order valence-corrected chi connectivity index (χ1v) is 9.10. The van der Waals surface area contributed by atoms with E-state index in [1.807, 2.05) is 0 Å². The number of nitrogens with two attached hydrogens (primary N) is 2. The number of hydrogen-bond donors (Lipinski definition) is 6. The maximum absolute atomic E-state index is 12.4. The Morgan fingerprint density at radius 3 is 2.08 bits per heavy atom. The zero-order chi connectivity index (χ0) is 20.3. The number of aliphatic carboxylic acids is 1. The van der Waals surface area contributed by atoms with Crippen molar-refractivity contribution in [3.05, 3.63) is 0 Å². The Balaban J connectivity index is 5.10. The smallest absolute Gasteiger partial charge is 0.322 e. The van der Waals surface area contributed by atoms with Gasteiger partial charge >= 0.3 is 5.97 Å². The summed E-state index contributed by atoms with van der Waals surface area (Å²) in [7, 11) is 0. The average Bonchev–Trinajstić information content (AvgIpc) is 2.54. The quantitative estimate of drug-likeness (QED) is 0.204. The molecule has 8 N–H and O–H groups in total. The van der Waals surface area contributed by atoms with Crippen molar-refractivity contribution in [1.29, 1.82) is 0 Å². The normalized spacial score (nSPS) is 13.8. The van der Waals surface area contributed by atoms with Crippen LogP contribution in [0.2, 0.25) is 0 Å². The highest BCUT2D eigenvalue weighted by Gasteiger charge is 2.28. The Morgan fingerprint density at radius 1 is 1.04 bits per heavy atom. The third-order valence-electron chi connectivity index (χ3n) is 3.11. The minimum Gasteiger partial charge on any atom is -0.480 e. The molecule has 3 atom stereocenters. The molecule has 0 saturated heterocycles. The van der Waals surface area contributed by atoms with Gasteiger partial charge in [-0.1, -0.05) is 0 Å². The number of amides is 4. The van der Waals surface area contributed by atoms with Crippen molar-refractivity contribution in [2.24, 2.45) is 11.5 Å². The minimum absolute atomic E-state index is 0.225. The molecule has 0 saturated carbocycles. The SMILES string of the molecule is CSCCC(NC(=O)C(CC(N)=O)NC(=O)C(C)N)C(=O)NCC(=O)O. The van der Waals surface area contributed by atoms with Gasteiger partial charge in [0.2, 0.25) is 23.6 Å². The number of carbonyl (C=O) groups is 5. The zero-order valence-corrected chi connectivity index (χ0v) is 15.4. The van der Waals surface area contributed by atoms with Crippen molar-refractivity contribution >= 4 is 41.4 Å². The molecule has 0 aromatic rings. The van der Waals surface area contributed by atoms with Crippen LogP contribution in [-0.2, 0) is 24.0 Å². The molecule has 0 aliphatic carbocycles. The van der Waals surface area contributed by atoms with E-state index in [0.29, 0.717) is 5.75 Å². The first-order chi connectivity index (χ1) is 12.1. The van der Waals surface area contributed by atoms with Crippen LogP contribution in [0, 0.1) is 0 Å². The van der Waals surface area contributed by atoms with Crippen LogP contribution in [-0.4, -0.2) is 71.4 Å². The maximum atomic E-state index is 12.4. The molecule has 0 fully saturated rings. The first-order valence-electron chi connectivity index (χ1n) is 7.71. The molecule has 4 amide bonds. The van der Waals surface area contributed by atoms with E-state index >= 15 is 0 Å². The van der Waals surface area contributed by atoms with Gasteiger partial charge in [-0.15, -0.1) is 0 Å².